The number of amidine groups is 1. The van der Waals surface area contributed by atoms with Crippen LogP contribution < -0.4 is 15.6 Å². The van der Waals surface area contributed by atoms with E-state index >= 15 is 0 Å². The predicted molar refractivity (Wildman–Crippen MR) is 208 cm³/mol. The number of carbonyl (C=O) groups is 2. The molecular weight excluding hydrogens is 728 g/mol. The Morgan fingerprint density at radius 2 is 1.52 bits per heavy atom. The first-order chi connectivity index (χ1) is 23.2. The quantitative estimate of drug-likeness (QED) is 0.105. The molecule has 13 heteroatoms. The fraction of sp³-hybridized carbons (Fsp3) is 0.400. The smallest absolute Gasteiger partial charge is 0.268 e. The van der Waals surface area contributed by atoms with Crippen molar-refractivity contribution < 1.29 is 9.59 Å². The van der Waals surface area contributed by atoms with E-state index in [1.807, 2.05) is 6.07 Å². The van der Waals surface area contributed by atoms with Crippen LogP contribution in [0, 0.1) is 0 Å². The molecule has 2 aromatic carbocycles. The van der Waals surface area contributed by atoms with Crippen LogP contribution in [0.3, 0.4) is 0 Å². The Bertz CT molecular complexity index is 1590. The number of hydrogen-bond acceptors (Lipinski definition) is 7. The van der Waals surface area contributed by atoms with E-state index in [2.05, 4.69) is 27.6 Å². The third-order valence-electron chi connectivity index (χ3n) is 7.70. The maximum atomic E-state index is 13.8. The van der Waals surface area contributed by atoms with Gasteiger partial charge in [0.1, 0.15) is 5.69 Å². The molecule has 256 valence electrons. The summed E-state index contributed by atoms with van der Waals surface area (Å²) in [4.78, 5) is 30.9. The lowest BCUT2D eigenvalue weighted by Gasteiger charge is -2.17. The molecule has 2 N–H and O–H groups in total. The van der Waals surface area contributed by atoms with Crippen molar-refractivity contribution in [2.45, 2.75) is 89.2 Å². The molecule has 0 spiro atoms. The minimum absolute atomic E-state index is 0.0695. The summed E-state index contributed by atoms with van der Waals surface area (Å²) in [5, 5.41) is 11.9. The SMILES string of the molecule is CCCCCCCCCCCCCC(=O)Nc1ccc(Cl)c(NC2=NN(c3c(Cl)cc(Cl)cc3Cl)C(=O)C2SC(=S)c2ccccn2)c1. The van der Waals surface area contributed by atoms with E-state index < -0.39 is 11.2 Å². The average Bonchev–Trinajstić information content (AvgIpc) is 3.34. The van der Waals surface area contributed by atoms with Crippen LogP contribution in [0.4, 0.5) is 17.1 Å². The van der Waals surface area contributed by atoms with Crippen LogP contribution in [0.15, 0.2) is 59.8 Å². The topological polar surface area (TPSA) is 86.7 Å². The van der Waals surface area contributed by atoms with Crippen LogP contribution in [-0.4, -0.2) is 32.1 Å². The van der Waals surface area contributed by atoms with Crippen molar-refractivity contribution in [1.82, 2.24) is 4.98 Å². The number of unbranched alkanes of at least 4 members (excludes halogenated alkanes) is 10. The number of carbonyl (C=O) groups excluding carboxylic acids is 2. The van der Waals surface area contributed by atoms with Crippen molar-refractivity contribution >= 4 is 109 Å². The van der Waals surface area contributed by atoms with Crippen molar-refractivity contribution in [3.05, 3.63) is 80.5 Å². The molecule has 0 bridgehead atoms. The molecule has 3 aromatic rings. The highest BCUT2D eigenvalue weighted by Gasteiger charge is 2.40. The van der Waals surface area contributed by atoms with Gasteiger partial charge in [0.25, 0.3) is 5.91 Å². The van der Waals surface area contributed by atoms with Crippen LogP contribution in [0.2, 0.25) is 20.1 Å². The lowest BCUT2D eigenvalue weighted by molar-refractivity contribution is -0.117. The van der Waals surface area contributed by atoms with E-state index in [4.69, 9.17) is 58.6 Å². The van der Waals surface area contributed by atoms with E-state index in [1.54, 1.807) is 36.5 Å². The number of hydrogen-bond donors (Lipinski definition) is 2. The number of pyridine rings is 1. The van der Waals surface area contributed by atoms with Gasteiger partial charge in [-0.25, -0.2) is 0 Å². The van der Waals surface area contributed by atoms with Crippen LogP contribution in [0.5, 0.6) is 0 Å². The Morgan fingerprint density at radius 3 is 2.15 bits per heavy atom. The van der Waals surface area contributed by atoms with Crippen molar-refractivity contribution in [3.8, 4) is 0 Å². The number of thioether (sulfide) groups is 1. The van der Waals surface area contributed by atoms with Crippen LogP contribution in [0.25, 0.3) is 0 Å². The predicted octanol–water partition coefficient (Wildman–Crippen LogP) is 11.6. The largest absolute Gasteiger partial charge is 0.340 e. The first-order valence-corrected chi connectivity index (χ1v) is 19.0. The third kappa shape index (κ3) is 11.3. The van der Waals surface area contributed by atoms with Gasteiger partial charge >= 0.3 is 0 Å². The van der Waals surface area contributed by atoms with Gasteiger partial charge in [-0.05, 0) is 48.9 Å². The molecule has 0 radical (unpaired) electrons. The summed E-state index contributed by atoms with van der Waals surface area (Å²) >= 11 is 32.4. The number of nitrogens with one attached hydrogen (secondary N) is 2. The fourth-order valence-electron chi connectivity index (χ4n) is 5.19. The first kappa shape index (κ1) is 38.4. The number of halogens is 4. The van der Waals surface area contributed by atoms with E-state index in [1.165, 1.54) is 63.5 Å². The van der Waals surface area contributed by atoms with Crippen LogP contribution >= 0.6 is 70.4 Å². The zero-order chi connectivity index (χ0) is 34.5. The van der Waals surface area contributed by atoms with E-state index in [0.29, 0.717) is 37.7 Å². The van der Waals surface area contributed by atoms with Crippen molar-refractivity contribution in [1.29, 1.82) is 0 Å². The summed E-state index contributed by atoms with van der Waals surface area (Å²) in [6.07, 6.45) is 15.5. The Hall–Kier alpha value is -2.40. The van der Waals surface area contributed by atoms with Crippen LogP contribution in [-0.2, 0) is 9.59 Å². The monoisotopic (exact) mass is 765 g/mol. The summed E-state index contributed by atoms with van der Waals surface area (Å²) in [5.74, 6) is -0.254. The lowest BCUT2D eigenvalue weighted by atomic mass is 10.1. The number of anilines is 3. The van der Waals surface area contributed by atoms with Gasteiger partial charge in [-0.3, -0.25) is 14.6 Å². The Morgan fingerprint density at radius 1 is 0.875 bits per heavy atom. The average molecular weight is 768 g/mol. The van der Waals surface area contributed by atoms with Gasteiger partial charge in [0, 0.05) is 23.3 Å². The second-order valence-corrected chi connectivity index (χ2v) is 14.9. The summed E-state index contributed by atoms with van der Waals surface area (Å²) < 4.78 is 0.396. The Balaban J connectivity index is 1.40. The molecule has 0 saturated carbocycles. The minimum Gasteiger partial charge on any atom is -0.340 e. The lowest BCUT2D eigenvalue weighted by Crippen LogP contribution is -2.33. The van der Waals surface area contributed by atoms with Crippen LogP contribution in [0.1, 0.15) is 89.7 Å². The van der Waals surface area contributed by atoms with E-state index in [9.17, 15) is 9.59 Å². The fourth-order valence-corrected chi connectivity index (χ4v) is 7.62. The first-order valence-electron chi connectivity index (χ1n) is 16.2. The molecule has 4 rings (SSSR count). The molecular formula is C35H39Cl4N5O2S2. The normalized spacial score (nSPS) is 14.3. The summed E-state index contributed by atoms with van der Waals surface area (Å²) in [7, 11) is 0. The maximum Gasteiger partial charge on any atom is 0.268 e. The van der Waals surface area contributed by atoms with Gasteiger partial charge in [0.2, 0.25) is 5.91 Å². The summed E-state index contributed by atoms with van der Waals surface area (Å²) in [6.45, 7) is 2.24. The highest BCUT2D eigenvalue weighted by molar-refractivity contribution is 8.25. The molecule has 1 unspecified atom stereocenters. The Labute approximate surface area is 312 Å². The van der Waals surface area contributed by atoms with Crippen molar-refractivity contribution in [2.24, 2.45) is 5.10 Å². The van der Waals surface area contributed by atoms with Gasteiger partial charge < -0.3 is 10.6 Å². The highest BCUT2D eigenvalue weighted by atomic mass is 35.5. The molecule has 1 aromatic heterocycles. The number of benzene rings is 2. The number of thiocarbonyl (C=S) groups is 1. The summed E-state index contributed by atoms with van der Waals surface area (Å²) in [6, 6.07) is 13.4. The van der Waals surface area contributed by atoms with Gasteiger partial charge in [-0.2, -0.15) is 5.01 Å². The van der Waals surface area contributed by atoms with E-state index in [-0.39, 0.29) is 27.5 Å². The van der Waals surface area contributed by atoms with Gasteiger partial charge in [0.15, 0.2) is 11.1 Å². The number of rotatable bonds is 17. The number of amides is 2. The number of hydrazone groups is 1. The Kier molecular flexibility index (Phi) is 15.8. The molecule has 0 saturated heterocycles. The highest BCUT2D eigenvalue weighted by Crippen LogP contribution is 2.40. The standard InChI is InChI=1S/C35H39Cl4N5O2S2/c1-2-3-4-5-6-7-8-9-10-11-12-16-30(45)41-24-17-18-25(37)29(22-24)42-33-32(48-35(47)28-15-13-14-19-40-28)34(46)44(43-33)31-26(38)20-23(36)21-27(31)39/h13-15,17-22,32H,2-12,16H2,1H3,(H,41,45)(H,42,43). The second-order valence-electron chi connectivity index (χ2n) is 11.5. The van der Waals surface area contributed by atoms with Gasteiger partial charge in [0.05, 0.1) is 30.6 Å². The van der Waals surface area contributed by atoms with Gasteiger partial charge in [-0.1, -0.05) is 148 Å². The molecule has 0 fully saturated rings. The molecule has 48 heavy (non-hydrogen) atoms. The van der Waals surface area contributed by atoms with Crippen molar-refractivity contribution in [2.75, 3.05) is 15.6 Å². The van der Waals surface area contributed by atoms with E-state index in [0.717, 1.165) is 36.0 Å². The minimum atomic E-state index is -0.905. The van der Waals surface area contributed by atoms with Crippen molar-refractivity contribution in [3.63, 3.8) is 0 Å². The molecule has 7 nitrogen and oxygen atoms in total. The number of aromatic nitrogens is 1. The van der Waals surface area contributed by atoms with Gasteiger partial charge in [-0.15, -0.1) is 5.10 Å². The summed E-state index contributed by atoms with van der Waals surface area (Å²) in [5.41, 5.74) is 1.74. The number of nitrogens with zero attached hydrogens (tertiary/aromatic N) is 3. The molecule has 1 atom stereocenters. The second kappa shape index (κ2) is 19.7. The molecule has 1 aliphatic heterocycles. The molecule has 2 heterocycles. The molecule has 0 aliphatic carbocycles. The molecule has 1 aliphatic rings. The maximum absolute atomic E-state index is 13.8. The third-order valence-corrected chi connectivity index (χ3v) is 10.4. The zero-order valence-electron chi connectivity index (χ0n) is 26.7. The molecule has 2 amide bonds. The zero-order valence-corrected chi connectivity index (χ0v) is 31.4.